The van der Waals surface area contributed by atoms with Crippen molar-refractivity contribution < 1.29 is 18.5 Å². The predicted octanol–water partition coefficient (Wildman–Crippen LogP) is 3.20. The summed E-state index contributed by atoms with van der Waals surface area (Å²) in [6.45, 7) is 8.25. The summed E-state index contributed by atoms with van der Waals surface area (Å²) in [7, 11) is -3.10. The quantitative estimate of drug-likeness (QED) is 0.662. The summed E-state index contributed by atoms with van der Waals surface area (Å²) in [6.07, 6.45) is 1.19. The van der Waals surface area contributed by atoms with Crippen molar-refractivity contribution in [2.24, 2.45) is 5.16 Å². The molecule has 2 atom stereocenters. The van der Waals surface area contributed by atoms with E-state index in [0.717, 1.165) is 5.71 Å². The van der Waals surface area contributed by atoms with Crippen LogP contribution in [0.2, 0.25) is 0 Å². The largest absolute Gasteiger partial charge is 0.391 e. The molecule has 0 spiro atoms. The summed E-state index contributed by atoms with van der Waals surface area (Å²) in [6, 6.07) is 0. The Labute approximate surface area is 103 Å². The minimum absolute atomic E-state index is 0.191. The number of oxime groups is 1. The van der Waals surface area contributed by atoms with Gasteiger partial charge in [0.1, 0.15) is 11.8 Å². The van der Waals surface area contributed by atoms with Crippen molar-refractivity contribution in [3.8, 4) is 0 Å². The van der Waals surface area contributed by atoms with Gasteiger partial charge in [-0.15, -0.1) is 0 Å². The molecule has 0 amide bonds. The normalized spacial score (nSPS) is 22.1. The Morgan fingerprint density at radius 2 is 2.00 bits per heavy atom. The topological polar surface area (TPSA) is 57.1 Å². The zero-order valence-corrected chi connectivity index (χ0v) is 11.9. The minimum atomic E-state index is -3.10. The molecule has 0 aromatic carbocycles. The molecule has 0 saturated heterocycles. The molecular formula is C11H22NO4P. The lowest BCUT2D eigenvalue weighted by Crippen LogP contribution is -2.27. The van der Waals surface area contributed by atoms with Crippen LogP contribution < -0.4 is 0 Å². The summed E-state index contributed by atoms with van der Waals surface area (Å²) in [5.41, 5.74) is 0.677. The first-order chi connectivity index (χ1) is 8.07. The van der Waals surface area contributed by atoms with E-state index in [0.29, 0.717) is 26.1 Å². The Hall–Kier alpha value is -0.380. The smallest absolute Gasteiger partial charge is 0.337 e. The lowest BCUT2D eigenvalue weighted by molar-refractivity contribution is 0.0696. The number of hydrogen-bond acceptors (Lipinski definition) is 5. The average Bonchev–Trinajstić information content (AvgIpc) is 2.66. The van der Waals surface area contributed by atoms with Gasteiger partial charge in [-0.3, -0.25) is 4.57 Å². The van der Waals surface area contributed by atoms with Gasteiger partial charge < -0.3 is 13.9 Å². The first kappa shape index (κ1) is 14.7. The molecule has 1 aliphatic heterocycles. The molecule has 0 N–H and O–H groups in total. The van der Waals surface area contributed by atoms with Crippen LogP contribution in [0.4, 0.5) is 0 Å². The first-order valence-electron chi connectivity index (χ1n) is 6.15. The lowest BCUT2D eigenvalue weighted by atomic mass is 10.1. The highest BCUT2D eigenvalue weighted by Gasteiger charge is 2.43. The summed E-state index contributed by atoms with van der Waals surface area (Å²) >= 11 is 0. The van der Waals surface area contributed by atoms with E-state index in [4.69, 9.17) is 13.9 Å². The van der Waals surface area contributed by atoms with Crippen LogP contribution in [0, 0.1) is 0 Å². The molecule has 0 radical (unpaired) electrons. The van der Waals surface area contributed by atoms with Gasteiger partial charge >= 0.3 is 7.60 Å². The van der Waals surface area contributed by atoms with Gasteiger partial charge in [0, 0.05) is 6.42 Å². The van der Waals surface area contributed by atoms with Crippen LogP contribution in [-0.2, 0) is 18.5 Å². The second-order valence-electron chi connectivity index (χ2n) is 4.03. The van der Waals surface area contributed by atoms with Crippen LogP contribution in [0.1, 0.15) is 40.5 Å². The Bertz CT molecular complexity index is 309. The van der Waals surface area contributed by atoms with Gasteiger partial charge in [-0.05, 0) is 27.2 Å². The molecule has 0 aromatic heterocycles. The van der Waals surface area contributed by atoms with Crippen molar-refractivity contribution in [3.63, 3.8) is 0 Å². The fourth-order valence-corrected chi connectivity index (χ4v) is 4.20. The number of hydrogen-bond donors (Lipinski definition) is 0. The van der Waals surface area contributed by atoms with Crippen molar-refractivity contribution in [2.45, 2.75) is 52.3 Å². The zero-order valence-electron chi connectivity index (χ0n) is 11.0. The zero-order chi connectivity index (χ0) is 12.9. The minimum Gasteiger partial charge on any atom is -0.391 e. The highest BCUT2D eigenvalue weighted by Crippen LogP contribution is 2.56. The Kier molecular flexibility index (Phi) is 5.63. The van der Waals surface area contributed by atoms with E-state index < -0.39 is 7.60 Å². The molecule has 6 heteroatoms. The Morgan fingerprint density at radius 1 is 1.41 bits per heavy atom. The molecule has 0 fully saturated rings. The molecule has 1 aliphatic rings. The first-order valence-corrected chi connectivity index (χ1v) is 7.76. The molecule has 5 nitrogen and oxygen atoms in total. The maximum absolute atomic E-state index is 12.7. The predicted molar refractivity (Wildman–Crippen MR) is 67.5 cm³/mol. The Morgan fingerprint density at radius 3 is 2.35 bits per heavy atom. The van der Waals surface area contributed by atoms with Crippen LogP contribution in [0.25, 0.3) is 0 Å². The fraction of sp³-hybridized carbons (Fsp3) is 0.909. The van der Waals surface area contributed by atoms with Crippen molar-refractivity contribution in [1.82, 2.24) is 0 Å². The molecule has 1 rings (SSSR count). The van der Waals surface area contributed by atoms with Crippen molar-refractivity contribution in [3.05, 3.63) is 0 Å². The van der Waals surface area contributed by atoms with Gasteiger partial charge in [0.05, 0.1) is 18.9 Å². The second kappa shape index (κ2) is 6.53. The molecule has 2 unspecified atom stereocenters. The SMILES string of the molecule is CCOP(=O)(OCC)C(CC)C1CC(C)=NO1. The van der Waals surface area contributed by atoms with Crippen LogP contribution >= 0.6 is 7.60 Å². The van der Waals surface area contributed by atoms with Gasteiger partial charge in [-0.1, -0.05) is 12.1 Å². The summed E-state index contributed by atoms with van der Waals surface area (Å²) in [5, 5.41) is 3.90. The van der Waals surface area contributed by atoms with Gasteiger partial charge in [0.25, 0.3) is 0 Å². The molecule has 0 aromatic rings. The van der Waals surface area contributed by atoms with E-state index in [1.165, 1.54) is 0 Å². The van der Waals surface area contributed by atoms with Crippen molar-refractivity contribution in [1.29, 1.82) is 0 Å². The maximum Gasteiger partial charge on any atom is 0.337 e. The number of nitrogens with zero attached hydrogens (tertiary/aromatic N) is 1. The van der Waals surface area contributed by atoms with E-state index in [1.807, 2.05) is 27.7 Å². The fourth-order valence-electron chi connectivity index (χ4n) is 2.01. The van der Waals surface area contributed by atoms with Crippen LogP contribution in [-0.4, -0.2) is 30.7 Å². The molecular weight excluding hydrogens is 241 g/mol. The van der Waals surface area contributed by atoms with Gasteiger partial charge in [-0.2, -0.15) is 0 Å². The van der Waals surface area contributed by atoms with Gasteiger partial charge in [0.2, 0.25) is 0 Å². The van der Waals surface area contributed by atoms with E-state index in [9.17, 15) is 4.57 Å². The third kappa shape index (κ3) is 3.54. The maximum atomic E-state index is 12.7. The van der Waals surface area contributed by atoms with Crippen LogP contribution in [0.5, 0.6) is 0 Å². The molecule has 0 aliphatic carbocycles. The van der Waals surface area contributed by atoms with Gasteiger partial charge in [0.15, 0.2) is 0 Å². The lowest BCUT2D eigenvalue weighted by Gasteiger charge is -2.28. The average molecular weight is 263 g/mol. The van der Waals surface area contributed by atoms with E-state index in [1.54, 1.807) is 0 Å². The molecule has 0 saturated carbocycles. The van der Waals surface area contributed by atoms with E-state index in [-0.39, 0.29) is 11.8 Å². The third-order valence-electron chi connectivity index (χ3n) is 2.71. The summed E-state index contributed by atoms with van der Waals surface area (Å²) in [4.78, 5) is 5.31. The van der Waals surface area contributed by atoms with E-state index >= 15 is 0 Å². The summed E-state index contributed by atoms with van der Waals surface area (Å²) in [5.74, 6) is 0. The molecule has 1 heterocycles. The Balaban J connectivity index is 2.79. The molecule has 17 heavy (non-hydrogen) atoms. The number of rotatable bonds is 7. The van der Waals surface area contributed by atoms with E-state index in [2.05, 4.69) is 5.16 Å². The standard InChI is InChI=1S/C11H22NO4P/c1-5-11(10-8-9(4)12-16-10)17(13,14-6-2)15-7-3/h10-11H,5-8H2,1-4H3. The molecule has 0 bridgehead atoms. The van der Waals surface area contributed by atoms with Gasteiger partial charge in [-0.25, -0.2) is 0 Å². The van der Waals surface area contributed by atoms with Crippen LogP contribution in [0.3, 0.4) is 0 Å². The van der Waals surface area contributed by atoms with Crippen molar-refractivity contribution in [2.75, 3.05) is 13.2 Å². The monoisotopic (exact) mass is 263 g/mol. The van der Waals surface area contributed by atoms with Crippen molar-refractivity contribution >= 4 is 13.3 Å². The highest BCUT2D eigenvalue weighted by atomic mass is 31.2. The molecule has 100 valence electrons. The second-order valence-corrected chi connectivity index (χ2v) is 6.28. The summed E-state index contributed by atoms with van der Waals surface area (Å²) < 4.78 is 23.4. The van der Waals surface area contributed by atoms with Crippen LogP contribution in [0.15, 0.2) is 5.16 Å². The third-order valence-corrected chi connectivity index (χ3v) is 5.46. The highest BCUT2D eigenvalue weighted by molar-refractivity contribution is 7.54.